The highest BCUT2D eigenvalue weighted by Crippen LogP contribution is 2.30. The van der Waals surface area contributed by atoms with E-state index in [0.717, 1.165) is 23.0 Å². The van der Waals surface area contributed by atoms with Gasteiger partial charge in [0.1, 0.15) is 0 Å². The molecule has 0 aromatic carbocycles. The van der Waals surface area contributed by atoms with Gasteiger partial charge in [0, 0.05) is 5.25 Å². The number of thioether (sulfide) groups is 1. The van der Waals surface area contributed by atoms with Gasteiger partial charge in [-0.15, -0.1) is 0 Å². The summed E-state index contributed by atoms with van der Waals surface area (Å²) >= 11 is 2.19. The highest BCUT2D eigenvalue weighted by molar-refractivity contribution is 7.99. The molecular formula is C13H28S. The van der Waals surface area contributed by atoms with Crippen molar-refractivity contribution in [1.82, 2.24) is 0 Å². The molecule has 2 atom stereocenters. The van der Waals surface area contributed by atoms with Gasteiger partial charge in [-0.25, -0.2) is 0 Å². The summed E-state index contributed by atoms with van der Waals surface area (Å²) in [5.41, 5.74) is 0. The molecule has 0 heterocycles. The van der Waals surface area contributed by atoms with Crippen LogP contribution in [0.2, 0.25) is 0 Å². The first-order valence-corrected chi connectivity index (χ1v) is 7.15. The van der Waals surface area contributed by atoms with Crippen LogP contribution in [0.4, 0.5) is 0 Å². The van der Waals surface area contributed by atoms with E-state index in [1.54, 1.807) is 0 Å². The Bertz CT molecular complexity index is 129. The molecule has 0 bridgehead atoms. The summed E-state index contributed by atoms with van der Waals surface area (Å²) in [6, 6.07) is 0. The Balaban J connectivity index is 4.00. The fourth-order valence-corrected chi connectivity index (χ4v) is 3.18. The highest BCUT2D eigenvalue weighted by Gasteiger charge is 2.19. The van der Waals surface area contributed by atoms with Crippen LogP contribution in [0.5, 0.6) is 0 Å². The van der Waals surface area contributed by atoms with Crippen molar-refractivity contribution in [3.8, 4) is 0 Å². The fraction of sp³-hybridized carbons (Fsp3) is 1.00. The maximum atomic E-state index is 2.42. The molecule has 0 amide bonds. The van der Waals surface area contributed by atoms with Gasteiger partial charge in [0.15, 0.2) is 0 Å². The quantitative estimate of drug-likeness (QED) is 0.587. The number of hydrogen-bond acceptors (Lipinski definition) is 1. The van der Waals surface area contributed by atoms with Crippen LogP contribution in [0.15, 0.2) is 0 Å². The van der Waals surface area contributed by atoms with Crippen molar-refractivity contribution in [1.29, 1.82) is 0 Å². The van der Waals surface area contributed by atoms with Gasteiger partial charge in [0.25, 0.3) is 0 Å². The normalized spacial score (nSPS) is 16.3. The average Bonchev–Trinajstić information content (AvgIpc) is 2.10. The van der Waals surface area contributed by atoms with Gasteiger partial charge < -0.3 is 0 Å². The van der Waals surface area contributed by atoms with Crippen LogP contribution in [-0.4, -0.2) is 11.0 Å². The largest absolute Gasteiger partial charge is 0.158 e. The Kier molecular flexibility index (Phi) is 7.81. The molecule has 0 saturated heterocycles. The van der Waals surface area contributed by atoms with Crippen LogP contribution in [0.1, 0.15) is 54.4 Å². The molecule has 2 unspecified atom stereocenters. The Morgan fingerprint density at radius 3 is 1.93 bits per heavy atom. The fourth-order valence-electron chi connectivity index (χ4n) is 1.53. The van der Waals surface area contributed by atoms with Crippen LogP contribution in [0.25, 0.3) is 0 Å². The first kappa shape index (κ1) is 14.3. The molecule has 0 fully saturated rings. The van der Waals surface area contributed by atoms with Gasteiger partial charge in [-0.2, -0.15) is 11.8 Å². The van der Waals surface area contributed by atoms with Crippen LogP contribution in [0, 0.1) is 17.8 Å². The second kappa shape index (κ2) is 7.62. The lowest BCUT2D eigenvalue weighted by Crippen LogP contribution is -2.20. The van der Waals surface area contributed by atoms with E-state index in [4.69, 9.17) is 0 Å². The van der Waals surface area contributed by atoms with Gasteiger partial charge >= 0.3 is 0 Å². The number of rotatable bonds is 7. The molecule has 0 aromatic heterocycles. The molecular weight excluding hydrogens is 188 g/mol. The van der Waals surface area contributed by atoms with Crippen molar-refractivity contribution in [2.45, 2.75) is 59.6 Å². The zero-order chi connectivity index (χ0) is 11.1. The summed E-state index contributed by atoms with van der Waals surface area (Å²) in [5, 5.41) is 0.877. The molecule has 86 valence electrons. The van der Waals surface area contributed by atoms with E-state index in [2.05, 4.69) is 53.3 Å². The molecule has 0 aliphatic heterocycles. The van der Waals surface area contributed by atoms with Crippen molar-refractivity contribution in [3.05, 3.63) is 0 Å². The predicted molar refractivity (Wildman–Crippen MR) is 70.0 cm³/mol. The standard InChI is InChI=1S/C13H28S/c1-7-8-13(12(6)11(4)5)14-9-10(2)3/h10-13H,7-9H2,1-6H3. The first-order chi connectivity index (χ1) is 6.49. The van der Waals surface area contributed by atoms with Crippen molar-refractivity contribution in [2.24, 2.45) is 17.8 Å². The molecule has 0 aromatic rings. The lowest BCUT2D eigenvalue weighted by atomic mass is 9.92. The van der Waals surface area contributed by atoms with Crippen molar-refractivity contribution >= 4 is 11.8 Å². The third-order valence-corrected chi connectivity index (χ3v) is 4.81. The van der Waals surface area contributed by atoms with Crippen LogP contribution in [-0.2, 0) is 0 Å². The van der Waals surface area contributed by atoms with Gasteiger partial charge in [-0.05, 0) is 29.9 Å². The van der Waals surface area contributed by atoms with E-state index in [-0.39, 0.29) is 0 Å². The third kappa shape index (κ3) is 5.95. The van der Waals surface area contributed by atoms with E-state index in [9.17, 15) is 0 Å². The molecule has 1 heteroatoms. The van der Waals surface area contributed by atoms with Crippen LogP contribution >= 0.6 is 11.8 Å². The molecule has 0 aliphatic rings. The summed E-state index contributed by atoms with van der Waals surface area (Å²) in [5.74, 6) is 3.84. The van der Waals surface area contributed by atoms with Gasteiger partial charge in [-0.1, -0.05) is 48.0 Å². The minimum atomic E-state index is 0.825. The molecule has 0 N–H and O–H groups in total. The smallest absolute Gasteiger partial charge is 0.00751 e. The molecule has 14 heavy (non-hydrogen) atoms. The SMILES string of the molecule is CCCC(SCC(C)C)C(C)C(C)C. The Hall–Kier alpha value is 0.350. The topological polar surface area (TPSA) is 0 Å². The summed E-state index contributed by atoms with van der Waals surface area (Å²) in [4.78, 5) is 0. The van der Waals surface area contributed by atoms with Crippen LogP contribution < -0.4 is 0 Å². The summed E-state index contributed by atoms with van der Waals surface area (Å²) in [6.07, 6.45) is 2.71. The highest BCUT2D eigenvalue weighted by atomic mass is 32.2. The number of hydrogen-bond donors (Lipinski definition) is 0. The minimum absolute atomic E-state index is 0.825. The third-order valence-electron chi connectivity index (χ3n) is 2.85. The molecule has 0 spiro atoms. The minimum Gasteiger partial charge on any atom is -0.158 e. The Morgan fingerprint density at radius 1 is 1.00 bits per heavy atom. The molecule has 0 rings (SSSR count). The van der Waals surface area contributed by atoms with E-state index in [1.807, 2.05) is 0 Å². The van der Waals surface area contributed by atoms with Crippen molar-refractivity contribution in [2.75, 3.05) is 5.75 Å². The second-order valence-electron chi connectivity index (χ2n) is 5.16. The van der Waals surface area contributed by atoms with E-state index in [1.165, 1.54) is 18.6 Å². The van der Waals surface area contributed by atoms with Crippen molar-refractivity contribution in [3.63, 3.8) is 0 Å². The van der Waals surface area contributed by atoms with Crippen LogP contribution in [0.3, 0.4) is 0 Å². The molecule has 0 saturated carbocycles. The van der Waals surface area contributed by atoms with Gasteiger partial charge in [-0.3, -0.25) is 0 Å². The summed E-state index contributed by atoms with van der Waals surface area (Å²) < 4.78 is 0. The second-order valence-corrected chi connectivity index (χ2v) is 6.43. The maximum absolute atomic E-state index is 2.42. The first-order valence-electron chi connectivity index (χ1n) is 6.10. The lowest BCUT2D eigenvalue weighted by molar-refractivity contribution is 0.391. The maximum Gasteiger partial charge on any atom is 0.00751 e. The monoisotopic (exact) mass is 216 g/mol. The summed E-state index contributed by atoms with van der Waals surface area (Å²) in [7, 11) is 0. The Morgan fingerprint density at radius 2 is 1.57 bits per heavy atom. The molecule has 0 radical (unpaired) electrons. The van der Waals surface area contributed by atoms with Crippen molar-refractivity contribution < 1.29 is 0 Å². The average molecular weight is 216 g/mol. The van der Waals surface area contributed by atoms with Gasteiger partial charge in [0.2, 0.25) is 0 Å². The summed E-state index contributed by atoms with van der Waals surface area (Å²) in [6.45, 7) is 14.0. The van der Waals surface area contributed by atoms with E-state index < -0.39 is 0 Å². The molecule has 0 nitrogen and oxygen atoms in total. The lowest BCUT2D eigenvalue weighted by Gasteiger charge is -2.27. The van der Waals surface area contributed by atoms with E-state index in [0.29, 0.717) is 0 Å². The zero-order valence-corrected chi connectivity index (χ0v) is 11.7. The molecule has 0 aliphatic carbocycles. The Labute approximate surface area is 95.2 Å². The van der Waals surface area contributed by atoms with E-state index >= 15 is 0 Å². The zero-order valence-electron chi connectivity index (χ0n) is 10.8. The predicted octanol–water partition coefficient (Wildman–Crippen LogP) is 4.84. The van der Waals surface area contributed by atoms with Gasteiger partial charge in [0.05, 0.1) is 0 Å².